The highest BCUT2D eigenvalue weighted by atomic mass is 19.1. The van der Waals surface area contributed by atoms with Gasteiger partial charge in [0.05, 0.1) is 13.2 Å². The van der Waals surface area contributed by atoms with Crippen LogP contribution in [0.4, 0.5) is 10.2 Å². The molecule has 6 heteroatoms. The fourth-order valence-electron chi connectivity index (χ4n) is 4.64. The minimum absolute atomic E-state index is 0.0665. The van der Waals surface area contributed by atoms with E-state index in [1.807, 2.05) is 0 Å². The number of aromatic nitrogens is 1. The van der Waals surface area contributed by atoms with Crippen molar-refractivity contribution in [2.24, 2.45) is 5.41 Å². The highest BCUT2D eigenvalue weighted by molar-refractivity contribution is 5.40. The third-order valence-corrected chi connectivity index (χ3v) is 5.88. The zero-order valence-corrected chi connectivity index (χ0v) is 14.8. The largest absolute Gasteiger partial charge is 0.381 e. The Morgan fingerprint density at radius 2 is 2.00 bits per heavy atom. The Morgan fingerprint density at radius 1 is 1.12 bits per heavy atom. The molecule has 0 aliphatic carbocycles. The summed E-state index contributed by atoms with van der Waals surface area (Å²) in [6, 6.07) is 3.76. The lowest BCUT2D eigenvalue weighted by Crippen LogP contribution is -2.54. The smallest absolute Gasteiger partial charge is 0.165 e. The monoisotopic (exact) mass is 349 g/mol. The second-order valence-corrected chi connectivity index (χ2v) is 7.70. The van der Waals surface area contributed by atoms with Crippen molar-refractivity contribution in [1.29, 1.82) is 0 Å². The van der Waals surface area contributed by atoms with Gasteiger partial charge in [0.1, 0.15) is 0 Å². The molecule has 0 saturated carbocycles. The van der Waals surface area contributed by atoms with Crippen molar-refractivity contribution in [3.05, 3.63) is 24.1 Å². The van der Waals surface area contributed by atoms with Crippen molar-refractivity contribution >= 4 is 5.82 Å². The molecular weight excluding hydrogens is 321 g/mol. The minimum Gasteiger partial charge on any atom is -0.381 e. The molecule has 1 aromatic rings. The van der Waals surface area contributed by atoms with E-state index in [0.29, 0.717) is 25.0 Å². The van der Waals surface area contributed by atoms with Crippen LogP contribution in [0.1, 0.15) is 25.7 Å². The van der Waals surface area contributed by atoms with Crippen molar-refractivity contribution in [1.82, 2.24) is 9.88 Å². The van der Waals surface area contributed by atoms with Crippen LogP contribution in [0.15, 0.2) is 18.3 Å². The maximum atomic E-state index is 14.3. The van der Waals surface area contributed by atoms with Crippen molar-refractivity contribution in [2.75, 3.05) is 57.5 Å². The minimum atomic E-state index is -0.239. The molecule has 0 radical (unpaired) electrons. The van der Waals surface area contributed by atoms with Gasteiger partial charge < -0.3 is 14.4 Å². The van der Waals surface area contributed by atoms with Crippen LogP contribution in [0, 0.1) is 11.2 Å². The number of nitrogens with zero attached hydrogens (tertiary/aromatic N) is 3. The van der Waals surface area contributed by atoms with Crippen molar-refractivity contribution in [3.8, 4) is 0 Å². The molecule has 3 fully saturated rings. The predicted molar refractivity (Wildman–Crippen MR) is 94.3 cm³/mol. The Labute approximate surface area is 149 Å². The van der Waals surface area contributed by atoms with Crippen molar-refractivity contribution in [3.63, 3.8) is 0 Å². The van der Waals surface area contributed by atoms with E-state index < -0.39 is 0 Å². The Bertz CT molecular complexity index is 582. The molecule has 1 atom stereocenters. The number of piperidine rings is 1. The Hall–Kier alpha value is -1.24. The molecular formula is C19H28FN3O2. The molecule has 0 bridgehead atoms. The van der Waals surface area contributed by atoms with Crippen LogP contribution in [0.2, 0.25) is 0 Å². The van der Waals surface area contributed by atoms with Crippen LogP contribution in [-0.2, 0) is 9.47 Å². The molecule has 138 valence electrons. The highest BCUT2D eigenvalue weighted by Gasteiger charge is 2.41. The lowest BCUT2D eigenvalue weighted by atomic mass is 9.79. The van der Waals surface area contributed by atoms with Crippen molar-refractivity contribution < 1.29 is 13.9 Å². The standard InChI is InChI=1S/C19H28FN3O2/c20-17-3-1-7-21-18(17)23-9-12-25-15-19(14-23)6-2-8-22(13-19)16-4-10-24-11-5-16/h1,3,7,16H,2,4-6,8-15H2/t19-/m1/s1. The Morgan fingerprint density at radius 3 is 2.84 bits per heavy atom. The normalized spacial score (nSPS) is 29.7. The summed E-state index contributed by atoms with van der Waals surface area (Å²) in [5.74, 6) is 0.229. The first-order chi connectivity index (χ1) is 12.3. The summed E-state index contributed by atoms with van der Waals surface area (Å²) < 4.78 is 25.8. The zero-order valence-electron chi connectivity index (χ0n) is 14.8. The van der Waals surface area contributed by atoms with Gasteiger partial charge in [-0.2, -0.15) is 0 Å². The fraction of sp³-hybridized carbons (Fsp3) is 0.737. The lowest BCUT2D eigenvalue weighted by molar-refractivity contribution is -0.0283. The molecule has 0 N–H and O–H groups in total. The van der Waals surface area contributed by atoms with Crippen LogP contribution in [0.5, 0.6) is 0 Å². The van der Waals surface area contributed by atoms with Gasteiger partial charge in [0.2, 0.25) is 0 Å². The molecule has 3 aliphatic rings. The Kier molecular flexibility index (Phi) is 5.20. The first-order valence-electron chi connectivity index (χ1n) is 9.51. The van der Waals surface area contributed by atoms with E-state index in [1.54, 1.807) is 12.3 Å². The molecule has 4 heterocycles. The topological polar surface area (TPSA) is 37.8 Å². The van der Waals surface area contributed by atoms with Gasteiger partial charge in [-0.05, 0) is 44.4 Å². The number of likely N-dealkylation sites (tertiary alicyclic amines) is 1. The van der Waals surface area contributed by atoms with E-state index in [2.05, 4.69) is 14.8 Å². The molecule has 3 saturated heterocycles. The van der Waals surface area contributed by atoms with Crippen molar-refractivity contribution in [2.45, 2.75) is 31.7 Å². The number of halogens is 1. The third kappa shape index (κ3) is 3.81. The summed E-state index contributed by atoms with van der Waals surface area (Å²) in [5, 5.41) is 0. The fourth-order valence-corrected chi connectivity index (χ4v) is 4.64. The lowest BCUT2D eigenvalue weighted by Gasteiger charge is -2.47. The zero-order chi connectivity index (χ0) is 17.1. The molecule has 4 rings (SSSR count). The van der Waals surface area contributed by atoms with E-state index in [4.69, 9.17) is 9.47 Å². The second-order valence-electron chi connectivity index (χ2n) is 7.70. The molecule has 3 aliphatic heterocycles. The second kappa shape index (κ2) is 7.56. The van der Waals surface area contributed by atoms with E-state index in [0.717, 1.165) is 58.7 Å². The summed E-state index contributed by atoms with van der Waals surface area (Å²) in [6.45, 7) is 6.85. The molecule has 1 spiro atoms. The van der Waals surface area contributed by atoms with Gasteiger partial charge in [0.15, 0.2) is 11.6 Å². The van der Waals surface area contributed by atoms with E-state index >= 15 is 0 Å². The van der Waals surface area contributed by atoms with Gasteiger partial charge >= 0.3 is 0 Å². The van der Waals surface area contributed by atoms with Crippen LogP contribution in [0.25, 0.3) is 0 Å². The quantitative estimate of drug-likeness (QED) is 0.819. The summed E-state index contributed by atoms with van der Waals surface area (Å²) in [7, 11) is 0. The number of hydrogen-bond acceptors (Lipinski definition) is 5. The molecule has 0 aromatic carbocycles. The van der Waals surface area contributed by atoms with Gasteiger partial charge in [-0.3, -0.25) is 4.90 Å². The van der Waals surface area contributed by atoms with Gasteiger partial charge in [0.25, 0.3) is 0 Å². The first kappa shape index (κ1) is 17.2. The maximum Gasteiger partial charge on any atom is 0.165 e. The van der Waals surface area contributed by atoms with E-state index in [1.165, 1.54) is 12.5 Å². The first-order valence-corrected chi connectivity index (χ1v) is 9.51. The van der Waals surface area contributed by atoms with Crippen LogP contribution >= 0.6 is 0 Å². The van der Waals surface area contributed by atoms with Gasteiger partial charge in [-0.15, -0.1) is 0 Å². The van der Waals surface area contributed by atoms with E-state index in [9.17, 15) is 4.39 Å². The number of pyridine rings is 1. The number of ether oxygens (including phenoxy) is 2. The number of rotatable bonds is 2. The number of hydrogen-bond donors (Lipinski definition) is 0. The Balaban J connectivity index is 1.51. The predicted octanol–water partition coefficient (Wildman–Crippen LogP) is 2.32. The van der Waals surface area contributed by atoms with Crippen LogP contribution < -0.4 is 4.90 Å². The number of anilines is 1. The summed E-state index contributed by atoms with van der Waals surface area (Å²) in [5.41, 5.74) is 0.0665. The molecule has 1 aromatic heterocycles. The maximum absolute atomic E-state index is 14.3. The SMILES string of the molecule is Fc1cccnc1N1CCOC[C@@]2(CCCN(C3CCOCC3)C2)C1. The van der Waals surface area contributed by atoms with Gasteiger partial charge in [-0.1, -0.05) is 0 Å². The van der Waals surface area contributed by atoms with Crippen LogP contribution in [0.3, 0.4) is 0 Å². The third-order valence-electron chi connectivity index (χ3n) is 5.88. The van der Waals surface area contributed by atoms with Gasteiger partial charge in [0, 0.05) is 50.5 Å². The summed E-state index contributed by atoms with van der Waals surface area (Å²) in [4.78, 5) is 9.02. The average molecular weight is 349 g/mol. The average Bonchev–Trinajstić information content (AvgIpc) is 2.85. The van der Waals surface area contributed by atoms with E-state index in [-0.39, 0.29) is 11.2 Å². The van der Waals surface area contributed by atoms with Gasteiger partial charge in [-0.25, -0.2) is 9.37 Å². The summed E-state index contributed by atoms with van der Waals surface area (Å²) in [6.07, 6.45) is 6.23. The van der Waals surface area contributed by atoms with Crippen LogP contribution in [-0.4, -0.2) is 68.5 Å². The summed E-state index contributed by atoms with van der Waals surface area (Å²) >= 11 is 0. The molecule has 5 nitrogen and oxygen atoms in total. The molecule has 0 amide bonds. The molecule has 25 heavy (non-hydrogen) atoms. The highest BCUT2D eigenvalue weighted by Crippen LogP contribution is 2.36. The molecule has 0 unspecified atom stereocenters.